The number of nitrogens with zero attached hydrogens (tertiary/aromatic N) is 2. The summed E-state index contributed by atoms with van der Waals surface area (Å²) in [5, 5.41) is 6.27. The van der Waals surface area contributed by atoms with E-state index in [1.807, 2.05) is 0 Å². The molecular weight excluding hydrogens is 1030 g/mol. The quantitative estimate of drug-likeness (QED) is 0.0539. The van der Waals surface area contributed by atoms with Crippen LogP contribution in [0.2, 0.25) is 0 Å². The van der Waals surface area contributed by atoms with Gasteiger partial charge in [-0.25, -0.2) is 0 Å². The number of hydrogen-bond donors (Lipinski definition) is 2. The molecule has 0 aromatic heterocycles. The molecule has 0 unspecified atom stereocenters. The summed E-state index contributed by atoms with van der Waals surface area (Å²) >= 11 is 0. The van der Waals surface area contributed by atoms with Gasteiger partial charge in [-0.15, -0.1) is 0 Å². The standard InChI is InChI=1S/2C24H20B.2C6H15NO2.2C3H7NO.Ni/c2*1-5-13-21(14-6-1)25(22-15-7-2-8-16-22,23-17-9-3-10-18-23)24-19-11-4-12-20-24;2*1-8-5-3-7-4-6-9-2;2*1-4(2)3-5;/h2*1-20H;2*7H,3-6H2,1-2H3;2*3H,1-2H3;/q2*-1;;;;;+2. The van der Waals surface area contributed by atoms with Crippen LogP contribution in [-0.4, -0.2) is 144 Å². The van der Waals surface area contributed by atoms with E-state index in [1.54, 1.807) is 56.6 Å². The fourth-order valence-electron chi connectivity index (χ4n) is 9.19. The number of rotatable bonds is 22. The number of carbonyl (C=O) groups excluding carboxylic acids is 2. The van der Waals surface area contributed by atoms with Crippen molar-refractivity contribution in [3.63, 3.8) is 0 Å². The van der Waals surface area contributed by atoms with Crippen molar-refractivity contribution in [3.8, 4) is 0 Å². The van der Waals surface area contributed by atoms with E-state index >= 15 is 0 Å². The molecule has 0 saturated carbocycles. The van der Waals surface area contributed by atoms with E-state index in [4.69, 9.17) is 18.9 Å². The second-order valence-corrected chi connectivity index (χ2v) is 18.6. The van der Waals surface area contributed by atoms with Gasteiger partial charge in [0.2, 0.25) is 12.8 Å². The van der Waals surface area contributed by atoms with Crippen molar-refractivity contribution in [2.24, 2.45) is 0 Å². The monoisotopic (exact) mass is 1110 g/mol. The van der Waals surface area contributed by atoms with E-state index in [0.29, 0.717) is 0 Å². The van der Waals surface area contributed by atoms with Crippen LogP contribution in [0.1, 0.15) is 0 Å². The molecule has 0 aliphatic rings. The van der Waals surface area contributed by atoms with Gasteiger partial charge in [-0.3, -0.25) is 9.59 Å². The molecule has 0 bridgehead atoms. The Labute approximate surface area is 483 Å². The van der Waals surface area contributed by atoms with E-state index in [0.717, 1.165) is 65.4 Å². The Balaban J connectivity index is 0.000000366. The zero-order valence-electron chi connectivity index (χ0n) is 47.7. The molecule has 0 aliphatic heterocycles. The average Bonchev–Trinajstić information content (AvgIpc) is 3.60. The number of nitrogens with one attached hydrogen (secondary N) is 2. The van der Waals surface area contributed by atoms with Crippen molar-refractivity contribution in [1.82, 2.24) is 20.4 Å². The van der Waals surface area contributed by atoms with Crippen LogP contribution >= 0.6 is 0 Å². The summed E-state index contributed by atoms with van der Waals surface area (Å²) < 4.78 is 19.3. The third kappa shape index (κ3) is 23.1. The summed E-state index contributed by atoms with van der Waals surface area (Å²) in [7, 11) is 13.5. The van der Waals surface area contributed by atoms with E-state index in [9.17, 15) is 9.59 Å². The minimum absolute atomic E-state index is 0. The predicted octanol–water partition coefficient (Wildman–Crippen LogP) is 5.27. The number of carbonyl (C=O) groups is 2. The first-order valence-corrected chi connectivity index (χ1v) is 26.6. The molecule has 2 amide bonds. The van der Waals surface area contributed by atoms with E-state index in [2.05, 4.69) is 253 Å². The van der Waals surface area contributed by atoms with Gasteiger partial charge in [0, 0.05) is 82.8 Å². The first-order chi connectivity index (χ1) is 38.2. The van der Waals surface area contributed by atoms with E-state index in [-0.39, 0.29) is 16.5 Å². The second-order valence-electron chi connectivity index (χ2n) is 18.6. The average molecular weight is 1110 g/mol. The van der Waals surface area contributed by atoms with Gasteiger partial charge in [-0.05, 0) is 0 Å². The van der Waals surface area contributed by atoms with Crippen molar-refractivity contribution in [2.45, 2.75) is 0 Å². The molecule has 8 aromatic carbocycles. The zero-order valence-corrected chi connectivity index (χ0v) is 48.7. The SMILES string of the molecule is CN(C)C=O.CN(C)C=O.COCCNCCOC.COCCNCCOC.[Ni+2].c1ccc([B-](c2ccccc2)(c2ccccc2)c2ccccc2)cc1.c1ccc([B-](c2ccccc2)(c2ccccc2)c2ccccc2)cc1. The van der Waals surface area contributed by atoms with Crippen molar-refractivity contribution < 1.29 is 45.0 Å². The zero-order chi connectivity index (χ0) is 56.4. The molecule has 0 aliphatic carbocycles. The molecule has 0 heterocycles. The van der Waals surface area contributed by atoms with Crippen LogP contribution in [0.25, 0.3) is 0 Å². The van der Waals surface area contributed by atoms with Crippen LogP contribution in [-0.2, 0) is 45.0 Å². The summed E-state index contributed by atoms with van der Waals surface area (Å²) in [5.74, 6) is 0. The molecule has 10 nitrogen and oxygen atoms in total. The molecule has 8 rings (SSSR count). The van der Waals surface area contributed by atoms with Gasteiger partial charge in [-0.1, -0.05) is 243 Å². The first-order valence-electron chi connectivity index (χ1n) is 26.6. The smallest absolute Gasteiger partial charge is 0.383 e. The van der Waals surface area contributed by atoms with Crippen LogP contribution in [0, 0.1) is 0 Å². The maximum atomic E-state index is 9.43. The molecule has 79 heavy (non-hydrogen) atoms. The minimum Gasteiger partial charge on any atom is -0.383 e. The molecule has 0 spiro atoms. The van der Waals surface area contributed by atoms with Crippen molar-refractivity contribution in [2.75, 3.05) is 109 Å². The third-order valence-electron chi connectivity index (χ3n) is 12.8. The number of benzene rings is 8. The van der Waals surface area contributed by atoms with Crippen molar-refractivity contribution >= 4 is 68.8 Å². The van der Waals surface area contributed by atoms with E-state index < -0.39 is 12.3 Å². The predicted molar refractivity (Wildman–Crippen MR) is 333 cm³/mol. The fourth-order valence-corrected chi connectivity index (χ4v) is 9.19. The molecular formula is C66H84B2N4NiO6. The first kappa shape index (κ1) is 68.2. The van der Waals surface area contributed by atoms with Crippen molar-refractivity contribution in [3.05, 3.63) is 243 Å². The Morgan fingerprint density at radius 2 is 0.430 bits per heavy atom. The third-order valence-corrected chi connectivity index (χ3v) is 12.8. The van der Waals surface area contributed by atoms with Gasteiger partial charge >= 0.3 is 16.5 Å². The van der Waals surface area contributed by atoms with Gasteiger partial charge in [0.15, 0.2) is 0 Å². The van der Waals surface area contributed by atoms with Gasteiger partial charge in [0.25, 0.3) is 0 Å². The van der Waals surface area contributed by atoms with Gasteiger partial charge in [0.1, 0.15) is 12.3 Å². The van der Waals surface area contributed by atoms with Gasteiger partial charge < -0.3 is 39.4 Å². The second kappa shape index (κ2) is 42.1. The largest absolute Gasteiger partial charge is 2.00 e. The molecule has 2 N–H and O–H groups in total. The van der Waals surface area contributed by atoms with Gasteiger partial charge in [0.05, 0.1) is 26.4 Å². The Morgan fingerprint density at radius 3 is 0.532 bits per heavy atom. The summed E-state index contributed by atoms with van der Waals surface area (Å²) in [6, 6.07) is 87.1. The molecule has 13 heteroatoms. The number of ether oxygens (including phenoxy) is 4. The number of amides is 2. The fraction of sp³-hybridized carbons (Fsp3) is 0.242. The molecule has 0 atom stereocenters. The van der Waals surface area contributed by atoms with Crippen LogP contribution in [0.15, 0.2) is 243 Å². The Bertz CT molecular complexity index is 2150. The summed E-state index contributed by atoms with van der Waals surface area (Å²) in [4.78, 5) is 21.8. The number of methoxy groups -OCH3 is 4. The molecule has 0 saturated heterocycles. The summed E-state index contributed by atoms with van der Waals surface area (Å²) in [6.07, 6.45) is -0.931. The van der Waals surface area contributed by atoms with Crippen LogP contribution in [0.3, 0.4) is 0 Å². The number of hydrogen-bond acceptors (Lipinski definition) is 8. The Morgan fingerprint density at radius 1 is 0.304 bits per heavy atom. The minimum atomic E-state index is -1.22. The summed E-state index contributed by atoms with van der Waals surface area (Å²) in [6.45, 7) is 6.68. The Hall–Kier alpha value is -6.92. The van der Waals surface area contributed by atoms with Crippen LogP contribution in [0.4, 0.5) is 0 Å². The van der Waals surface area contributed by atoms with Gasteiger partial charge in [-0.2, -0.15) is 43.7 Å². The van der Waals surface area contributed by atoms with Crippen LogP contribution in [0.5, 0.6) is 0 Å². The maximum absolute atomic E-state index is 9.43. The summed E-state index contributed by atoms with van der Waals surface area (Å²) in [5.41, 5.74) is 10.7. The Kier molecular flexibility index (Phi) is 36.3. The van der Waals surface area contributed by atoms with Crippen LogP contribution < -0.4 is 54.3 Å². The van der Waals surface area contributed by atoms with E-state index in [1.165, 1.54) is 53.5 Å². The maximum Gasteiger partial charge on any atom is 2.00 e. The molecule has 0 fully saturated rings. The molecule has 420 valence electrons. The van der Waals surface area contributed by atoms with Crippen molar-refractivity contribution in [1.29, 1.82) is 0 Å². The normalized spacial score (nSPS) is 10.2. The molecule has 0 radical (unpaired) electrons. The molecule has 8 aromatic rings. The topological polar surface area (TPSA) is 102 Å².